The van der Waals surface area contributed by atoms with Crippen LogP contribution in [0.15, 0.2) is 0 Å². The minimum absolute atomic E-state index is 0.0441. The minimum Gasteiger partial charge on any atom is -0.396 e. The van der Waals surface area contributed by atoms with Crippen molar-refractivity contribution in [3.05, 3.63) is 0 Å². The summed E-state index contributed by atoms with van der Waals surface area (Å²) < 4.78 is 0. The summed E-state index contributed by atoms with van der Waals surface area (Å²) in [6, 6.07) is -0.586. The van der Waals surface area contributed by atoms with Crippen LogP contribution in [0.1, 0.15) is 26.7 Å². The van der Waals surface area contributed by atoms with Crippen LogP contribution in [0.2, 0.25) is 0 Å². The van der Waals surface area contributed by atoms with Crippen molar-refractivity contribution in [2.24, 2.45) is 11.7 Å². The molecule has 0 aliphatic rings. The maximum Gasteiger partial charge on any atom is 0.239 e. The second-order valence-electron chi connectivity index (χ2n) is 4.27. The monoisotopic (exact) mass is 245 g/mol. The summed E-state index contributed by atoms with van der Waals surface area (Å²) in [5.41, 5.74) is 5.61. The van der Waals surface area contributed by atoms with Crippen LogP contribution in [0, 0.1) is 5.92 Å². The van der Waals surface area contributed by atoms with E-state index < -0.39 is 6.04 Å². The van der Waals surface area contributed by atoms with Crippen molar-refractivity contribution in [2.45, 2.75) is 32.7 Å². The van der Waals surface area contributed by atoms with E-state index in [9.17, 15) is 9.59 Å². The van der Waals surface area contributed by atoms with Gasteiger partial charge in [0.15, 0.2) is 0 Å². The second kappa shape index (κ2) is 8.95. The molecule has 0 saturated heterocycles. The molecule has 0 aliphatic heterocycles. The van der Waals surface area contributed by atoms with Crippen molar-refractivity contribution < 1.29 is 14.7 Å². The van der Waals surface area contributed by atoms with E-state index >= 15 is 0 Å². The molecule has 0 spiro atoms. The van der Waals surface area contributed by atoms with Crippen LogP contribution in [0.4, 0.5) is 0 Å². The van der Waals surface area contributed by atoms with E-state index in [1.807, 2.05) is 13.8 Å². The van der Waals surface area contributed by atoms with Crippen LogP contribution >= 0.6 is 0 Å². The number of hydrogen-bond donors (Lipinski definition) is 4. The third-order valence-electron chi connectivity index (χ3n) is 2.35. The maximum atomic E-state index is 11.4. The van der Waals surface area contributed by atoms with Gasteiger partial charge in [-0.1, -0.05) is 13.8 Å². The number of amides is 2. The Morgan fingerprint density at radius 1 is 1.24 bits per heavy atom. The van der Waals surface area contributed by atoms with Gasteiger partial charge in [0, 0.05) is 13.2 Å². The Labute approximate surface area is 102 Å². The molecule has 0 heterocycles. The number of aliphatic hydroxyl groups is 1. The Kier molecular flexibility index (Phi) is 8.35. The number of unbranched alkanes of at least 4 members (excludes halogenated alkanes) is 1. The fourth-order valence-corrected chi connectivity index (χ4v) is 1.12. The van der Waals surface area contributed by atoms with Crippen molar-refractivity contribution in [3.8, 4) is 0 Å². The van der Waals surface area contributed by atoms with Crippen LogP contribution in [0.3, 0.4) is 0 Å². The Hall–Kier alpha value is -1.14. The van der Waals surface area contributed by atoms with Gasteiger partial charge in [0.1, 0.15) is 0 Å². The normalized spacial score (nSPS) is 12.3. The molecule has 0 rings (SSSR count). The molecule has 0 aromatic carbocycles. The SMILES string of the molecule is CC(C)[C@H](N)C(=O)NCC(=O)NCCCCO. The maximum absolute atomic E-state index is 11.4. The summed E-state index contributed by atoms with van der Waals surface area (Å²) in [4.78, 5) is 22.7. The first-order valence-electron chi connectivity index (χ1n) is 5.90. The van der Waals surface area contributed by atoms with Gasteiger partial charge >= 0.3 is 0 Å². The lowest BCUT2D eigenvalue weighted by Gasteiger charge is -2.15. The molecule has 6 nitrogen and oxygen atoms in total. The number of hydrogen-bond acceptors (Lipinski definition) is 4. The lowest BCUT2D eigenvalue weighted by atomic mass is 10.1. The Balaban J connectivity index is 3.66. The number of carbonyl (C=O) groups is 2. The summed E-state index contributed by atoms with van der Waals surface area (Å²) in [5, 5.41) is 13.7. The van der Waals surface area contributed by atoms with E-state index in [1.165, 1.54) is 0 Å². The van der Waals surface area contributed by atoms with Gasteiger partial charge in [0.2, 0.25) is 11.8 Å². The van der Waals surface area contributed by atoms with Crippen molar-refractivity contribution in [1.29, 1.82) is 0 Å². The summed E-state index contributed by atoms with van der Waals surface area (Å²) in [5.74, 6) is -0.514. The molecular formula is C11H23N3O3. The smallest absolute Gasteiger partial charge is 0.239 e. The molecule has 5 N–H and O–H groups in total. The van der Waals surface area contributed by atoms with E-state index in [4.69, 9.17) is 10.8 Å². The van der Waals surface area contributed by atoms with E-state index in [-0.39, 0.29) is 30.9 Å². The Bertz CT molecular complexity index is 244. The summed E-state index contributed by atoms with van der Waals surface area (Å²) in [6.45, 7) is 4.26. The molecule has 0 unspecified atom stereocenters. The minimum atomic E-state index is -0.586. The van der Waals surface area contributed by atoms with Crippen LogP contribution in [0.5, 0.6) is 0 Å². The van der Waals surface area contributed by atoms with Crippen LogP contribution in [0.25, 0.3) is 0 Å². The molecule has 6 heteroatoms. The molecule has 2 amide bonds. The molecule has 0 aromatic heterocycles. The zero-order valence-corrected chi connectivity index (χ0v) is 10.5. The third-order valence-corrected chi connectivity index (χ3v) is 2.35. The molecule has 0 saturated carbocycles. The van der Waals surface area contributed by atoms with Gasteiger partial charge in [-0.3, -0.25) is 9.59 Å². The highest BCUT2D eigenvalue weighted by molar-refractivity contribution is 5.87. The first-order chi connectivity index (χ1) is 7.99. The van der Waals surface area contributed by atoms with Gasteiger partial charge in [-0.15, -0.1) is 0 Å². The van der Waals surface area contributed by atoms with Crippen molar-refractivity contribution in [3.63, 3.8) is 0 Å². The van der Waals surface area contributed by atoms with Crippen LogP contribution < -0.4 is 16.4 Å². The standard InChI is InChI=1S/C11H23N3O3/c1-8(2)10(12)11(17)14-7-9(16)13-5-3-4-6-15/h8,10,15H,3-7,12H2,1-2H3,(H,13,16)(H,14,17)/t10-/m0/s1. The topological polar surface area (TPSA) is 104 Å². The Morgan fingerprint density at radius 3 is 2.41 bits per heavy atom. The number of carbonyl (C=O) groups excluding carboxylic acids is 2. The quantitative estimate of drug-likeness (QED) is 0.411. The van der Waals surface area contributed by atoms with Gasteiger partial charge in [-0.2, -0.15) is 0 Å². The fraction of sp³-hybridized carbons (Fsp3) is 0.818. The fourth-order valence-electron chi connectivity index (χ4n) is 1.12. The highest BCUT2D eigenvalue weighted by Gasteiger charge is 2.17. The molecule has 0 radical (unpaired) electrons. The summed E-state index contributed by atoms with van der Waals surface area (Å²) >= 11 is 0. The van der Waals surface area contributed by atoms with Crippen molar-refractivity contribution in [1.82, 2.24) is 10.6 Å². The Morgan fingerprint density at radius 2 is 1.88 bits per heavy atom. The summed E-state index contributed by atoms with van der Waals surface area (Å²) in [6.07, 6.45) is 1.38. The number of rotatable bonds is 8. The zero-order valence-electron chi connectivity index (χ0n) is 10.5. The molecule has 0 aliphatic carbocycles. The van der Waals surface area contributed by atoms with Gasteiger partial charge < -0.3 is 21.5 Å². The molecule has 0 bridgehead atoms. The zero-order chi connectivity index (χ0) is 13.3. The lowest BCUT2D eigenvalue weighted by Crippen LogP contribution is -2.47. The summed E-state index contributed by atoms with van der Waals surface area (Å²) in [7, 11) is 0. The number of aliphatic hydroxyl groups excluding tert-OH is 1. The molecule has 1 atom stereocenters. The largest absolute Gasteiger partial charge is 0.396 e. The van der Waals surface area contributed by atoms with E-state index in [1.54, 1.807) is 0 Å². The highest BCUT2D eigenvalue weighted by atomic mass is 16.3. The van der Waals surface area contributed by atoms with Crippen LogP contribution in [-0.4, -0.2) is 42.7 Å². The highest BCUT2D eigenvalue weighted by Crippen LogP contribution is 1.97. The van der Waals surface area contributed by atoms with E-state index in [0.717, 1.165) is 6.42 Å². The van der Waals surface area contributed by atoms with Gasteiger partial charge in [0.05, 0.1) is 12.6 Å². The van der Waals surface area contributed by atoms with E-state index in [0.29, 0.717) is 13.0 Å². The van der Waals surface area contributed by atoms with Gasteiger partial charge in [-0.05, 0) is 18.8 Å². The lowest BCUT2D eigenvalue weighted by molar-refractivity contribution is -0.127. The third kappa shape index (κ3) is 7.70. The molecule has 100 valence electrons. The molecule has 17 heavy (non-hydrogen) atoms. The van der Waals surface area contributed by atoms with E-state index in [2.05, 4.69) is 10.6 Å². The molecule has 0 fully saturated rings. The van der Waals surface area contributed by atoms with Gasteiger partial charge in [0.25, 0.3) is 0 Å². The van der Waals surface area contributed by atoms with Crippen molar-refractivity contribution >= 4 is 11.8 Å². The van der Waals surface area contributed by atoms with Crippen molar-refractivity contribution in [2.75, 3.05) is 19.7 Å². The first kappa shape index (κ1) is 15.9. The average molecular weight is 245 g/mol. The molecule has 0 aromatic rings. The number of nitrogens with two attached hydrogens (primary N) is 1. The van der Waals surface area contributed by atoms with Crippen LogP contribution in [-0.2, 0) is 9.59 Å². The first-order valence-corrected chi connectivity index (χ1v) is 5.90. The number of nitrogens with one attached hydrogen (secondary N) is 2. The van der Waals surface area contributed by atoms with Gasteiger partial charge in [-0.25, -0.2) is 0 Å². The predicted octanol–water partition coefficient (Wildman–Crippen LogP) is -1.03. The average Bonchev–Trinajstić information content (AvgIpc) is 2.30. The second-order valence-corrected chi connectivity index (χ2v) is 4.27. The molecular weight excluding hydrogens is 222 g/mol. The predicted molar refractivity (Wildman–Crippen MR) is 65.2 cm³/mol.